The predicted octanol–water partition coefficient (Wildman–Crippen LogP) is 2.67. The minimum atomic E-state index is -1.43. The van der Waals surface area contributed by atoms with Crippen LogP contribution in [0.15, 0.2) is 47.4 Å². The number of hydrogen-bond acceptors (Lipinski definition) is 6. The first-order chi connectivity index (χ1) is 12.8. The van der Waals surface area contributed by atoms with E-state index in [9.17, 15) is 29.4 Å². The summed E-state index contributed by atoms with van der Waals surface area (Å²) >= 11 is 0.773. The lowest BCUT2D eigenvalue weighted by Crippen LogP contribution is -2.17. The van der Waals surface area contributed by atoms with Crippen LogP contribution >= 0.6 is 11.8 Å². The van der Waals surface area contributed by atoms with Gasteiger partial charge in [-0.15, -0.1) is 0 Å². The fourth-order valence-corrected chi connectivity index (χ4v) is 3.11. The van der Waals surface area contributed by atoms with Gasteiger partial charge in [-0.2, -0.15) is 0 Å². The first-order valence-corrected chi connectivity index (χ1v) is 8.38. The molecule has 2 aromatic rings. The van der Waals surface area contributed by atoms with Gasteiger partial charge in [0.25, 0.3) is 17.1 Å². The van der Waals surface area contributed by atoms with Crippen LogP contribution in [0.5, 0.6) is 5.75 Å². The fourth-order valence-electron chi connectivity index (χ4n) is 2.43. The molecule has 1 aliphatic rings. The van der Waals surface area contributed by atoms with Crippen LogP contribution in [0.25, 0.3) is 6.08 Å². The SMILES string of the molecule is O=C1NC(=O)C(=Cc2cccc(NC(=O)c3cccc(O)c3C(=O)O)c2)S1. The number of carbonyl (C=O) groups excluding carboxylic acids is 3. The third-order valence-corrected chi connectivity index (χ3v) is 4.40. The molecule has 0 saturated carbocycles. The first-order valence-electron chi connectivity index (χ1n) is 7.56. The number of carboxylic acid groups (broad SMARTS) is 1. The van der Waals surface area contributed by atoms with Crippen LogP contribution in [-0.4, -0.2) is 33.2 Å². The Kier molecular flexibility index (Phi) is 4.95. The Bertz CT molecular complexity index is 1010. The van der Waals surface area contributed by atoms with Crippen LogP contribution in [0.3, 0.4) is 0 Å². The normalized spacial score (nSPS) is 14.9. The number of imide groups is 1. The first kappa shape index (κ1) is 18.2. The van der Waals surface area contributed by atoms with Crippen molar-refractivity contribution in [1.29, 1.82) is 0 Å². The second-order valence-corrected chi connectivity index (χ2v) is 6.45. The Morgan fingerprint density at radius 2 is 1.85 bits per heavy atom. The standard InChI is InChI=1S/C18H12N2O6S/c21-12-6-2-5-11(14(12)17(24)25)15(22)19-10-4-1-3-9(7-10)8-13-16(23)20-18(26)27-13/h1-8,21H,(H,19,22)(H,24,25)(H,20,23,26). The van der Waals surface area contributed by atoms with E-state index in [1.807, 2.05) is 0 Å². The molecule has 3 amide bonds. The van der Waals surface area contributed by atoms with Crippen molar-refractivity contribution in [2.24, 2.45) is 0 Å². The number of carbonyl (C=O) groups is 4. The number of anilines is 1. The summed E-state index contributed by atoms with van der Waals surface area (Å²) in [4.78, 5) is 46.7. The average Bonchev–Trinajstić information content (AvgIpc) is 2.91. The van der Waals surface area contributed by atoms with Crippen molar-refractivity contribution in [3.63, 3.8) is 0 Å². The number of rotatable bonds is 4. The second-order valence-electron chi connectivity index (χ2n) is 5.44. The molecular formula is C18H12N2O6S. The number of thioether (sulfide) groups is 1. The molecule has 136 valence electrons. The number of carboxylic acids is 1. The molecule has 1 saturated heterocycles. The van der Waals surface area contributed by atoms with Crippen molar-refractivity contribution in [3.8, 4) is 5.75 Å². The molecule has 9 heteroatoms. The lowest BCUT2D eigenvalue weighted by molar-refractivity contribution is -0.115. The molecule has 0 bridgehead atoms. The Hall–Kier alpha value is -3.59. The molecule has 0 spiro atoms. The average molecular weight is 384 g/mol. The number of nitrogens with one attached hydrogen (secondary N) is 2. The van der Waals surface area contributed by atoms with Gasteiger partial charge in [0, 0.05) is 5.69 Å². The molecule has 4 N–H and O–H groups in total. The highest BCUT2D eigenvalue weighted by Gasteiger charge is 2.25. The van der Waals surface area contributed by atoms with E-state index in [0.717, 1.165) is 11.8 Å². The Morgan fingerprint density at radius 1 is 1.11 bits per heavy atom. The Morgan fingerprint density at radius 3 is 2.52 bits per heavy atom. The monoisotopic (exact) mass is 384 g/mol. The van der Waals surface area contributed by atoms with E-state index in [2.05, 4.69) is 10.6 Å². The van der Waals surface area contributed by atoms with Crippen molar-refractivity contribution in [3.05, 3.63) is 64.1 Å². The number of hydrogen-bond donors (Lipinski definition) is 4. The van der Waals surface area contributed by atoms with Crippen molar-refractivity contribution in [2.45, 2.75) is 0 Å². The lowest BCUT2D eigenvalue weighted by Gasteiger charge is -2.09. The van der Waals surface area contributed by atoms with E-state index in [0.29, 0.717) is 11.3 Å². The van der Waals surface area contributed by atoms with Crippen LogP contribution in [0.2, 0.25) is 0 Å². The second kappa shape index (κ2) is 7.34. The number of aromatic carboxylic acids is 1. The number of amides is 3. The topological polar surface area (TPSA) is 133 Å². The molecule has 1 aliphatic heterocycles. The predicted molar refractivity (Wildman–Crippen MR) is 98.6 cm³/mol. The Labute approximate surface area is 156 Å². The zero-order valence-electron chi connectivity index (χ0n) is 13.6. The highest BCUT2D eigenvalue weighted by molar-refractivity contribution is 8.18. The van der Waals surface area contributed by atoms with Crippen molar-refractivity contribution < 1.29 is 29.4 Å². The van der Waals surface area contributed by atoms with Crippen LogP contribution in [-0.2, 0) is 4.79 Å². The molecule has 8 nitrogen and oxygen atoms in total. The van der Waals surface area contributed by atoms with Gasteiger partial charge in [0.15, 0.2) is 0 Å². The van der Waals surface area contributed by atoms with Gasteiger partial charge in [-0.3, -0.25) is 19.7 Å². The van der Waals surface area contributed by atoms with Gasteiger partial charge >= 0.3 is 5.97 Å². The number of phenols is 1. The van der Waals surface area contributed by atoms with E-state index in [1.54, 1.807) is 24.3 Å². The Balaban J connectivity index is 1.85. The number of benzene rings is 2. The van der Waals surface area contributed by atoms with Gasteiger partial charge in [0.05, 0.1) is 10.5 Å². The van der Waals surface area contributed by atoms with Gasteiger partial charge in [-0.05, 0) is 47.7 Å². The van der Waals surface area contributed by atoms with Crippen LogP contribution in [0.4, 0.5) is 10.5 Å². The van der Waals surface area contributed by atoms with Gasteiger partial charge in [-0.1, -0.05) is 18.2 Å². The molecule has 0 atom stereocenters. The number of aromatic hydroxyl groups is 1. The van der Waals surface area contributed by atoms with E-state index in [-0.39, 0.29) is 10.5 Å². The molecular weight excluding hydrogens is 372 g/mol. The summed E-state index contributed by atoms with van der Waals surface area (Å²) in [5.74, 6) is -3.14. The maximum absolute atomic E-state index is 12.4. The zero-order chi connectivity index (χ0) is 19.6. The fraction of sp³-hybridized carbons (Fsp3) is 0. The minimum absolute atomic E-state index is 0.192. The highest BCUT2D eigenvalue weighted by Crippen LogP contribution is 2.27. The molecule has 27 heavy (non-hydrogen) atoms. The van der Waals surface area contributed by atoms with E-state index in [4.69, 9.17) is 0 Å². The molecule has 0 aliphatic carbocycles. The molecule has 3 rings (SSSR count). The summed E-state index contributed by atoms with van der Waals surface area (Å²) in [6.07, 6.45) is 1.50. The summed E-state index contributed by atoms with van der Waals surface area (Å²) in [6, 6.07) is 10.3. The molecule has 2 aromatic carbocycles. The zero-order valence-corrected chi connectivity index (χ0v) is 14.4. The molecule has 1 fully saturated rings. The summed E-state index contributed by atoms with van der Waals surface area (Å²) in [7, 11) is 0. The van der Waals surface area contributed by atoms with E-state index >= 15 is 0 Å². The minimum Gasteiger partial charge on any atom is -0.507 e. The van der Waals surface area contributed by atoms with E-state index < -0.39 is 34.3 Å². The van der Waals surface area contributed by atoms with Crippen LogP contribution in [0.1, 0.15) is 26.3 Å². The summed E-state index contributed by atoms with van der Waals surface area (Å²) in [6.45, 7) is 0. The van der Waals surface area contributed by atoms with Gasteiger partial charge in [0.2, 0.25) is 0 Å². The smallest absolute Gasteiger partial charge is 0.340 e. The quantitative estimate of drug-likeness (QED) is 0.596. The summed E-state index contributed by atoms with van der Waals surface area (Å²) in [5.41, 5.74) is 0.228. The van der Waals surface area contributed by atoms with Crippen molar-refractivity contribution in [2.75, 3.05) is 5.32 Å². The molecule has 0 radical (unpaired) electrons. The maximum Gasteiger partial charge on any atom is 0.340 e. The van der Waals surface area contributed by atoms with Crippen LogP contribution in [0, 0.1) is 0 Å². The molecule has 0 aromatic heterocycles. The van der Waals surface area contributed by atoms with Crippen LogP contribution < -0.4 is 10.6 Å². The van der Waals surface area contributed by atoms with Gasteiger partial charge in [0.1, 0.15) is 11.3 Å². The maximum atomic E-state index is 12.4. The third kappa shape index (κ3) is 3.98. The largest absolute Gasteiger partial charge is 0.507 e. The van der Waals surface area contributed by atoms with Gasteiger partial charge < -0.3 is 15.5 Å². The van der Waals surface area contributed by atoms with Gasteiger partial charge in [-0.25, -0.2) is 4.79 Å². The molecule has 1 heterocycles. The lowest BCUT2D eigenvalue weighted by atomic mass is 10.1. The molecule has 0 unspecified atom stereocenters. The van der Waals surface area contributed by atoms with Crippen molar-refractivity contribution >= 4 is 46.5 Å². The summed E-state index contributed by atoms with van der Waals surface area (Å²) < 4.78 is 0. The third-order valence-electron chi connectivity index (χ3n) is 3.59. The summed E-state index contributed by atoms with van der Waals surface area (Å²) in [5, 5.41) is 23.1. The van der Waals surface area contributed by atoms with Crippen molar-refractivity contribution in [1.82, 2.24) is 5.32 Å². The van der Waals surface area contributed by atoms with E-state index in [1.165, 1.54) is 24.3 Å². The highest BCUT2D eigenvalue weighted by atomic mass is 32.2.